The van der Waals surface area contributed by atoms with E-state index in [0.29, 0.717) is 26.2 Å². The molecule has 3 rings (SSSR count). The Labute approximate surface area is 199 Å². The number of amides is 4. The van der Waals surface area contributed by atoms with Gasteiger partial charge in [-0.2, -0.15) is 18.2 Å². The molecule has 2 unspecified atom stereocenters. The van der Waals surface area contributed by atoms with Gasteiger partial charge in [-0.3, -0.25) is 9.59 Å². The molecular weight excluding hydrogens is 471 g/mol. The van der Waals surface area contributed by atoms with Crippen molar-refractivity contribution in [3.63, 3.8) is 0 Å². The fraction of sp³-hybridized carbons (Fsp3) is 0.545. The lowest BCUT2D eigenvalue weighted by molar-refractivity contribution is -0.169. The molecule has 192 valence electrons. The summed E-state index contributed by atoms with van der Waals surface area (Å²) < 4.78 is 42.5. The van der Waals surface area contributed by atoms with E-state index in [1.54, 1.807) is 9.80 Å². The molecule has 2 atom stereocenters. The van der Waals surface area contributed by atoms with Crippen molar-refractivity contribution in [1.82, 2.24) is 15.1 Å². The van der Waals surface area contributed by atoms with Crippen molar-refractivity contribution in [2.24, 2.45) is 16.6 Å². The number of aliphatic imine (C=N–C) groups is 1. The molecule has 1 aromatic carbocycles. The van der Waals surface area contributed by atoms with Crippen molar-refractivity contribution < 1.29 is 37.4 Å². The molecule has 0 aromatic heterocycles. The van der Waals surface area contributed by atoms with Crippen LogP contribution in [0.5, 0.6) is 0 Å². The second-order valence-electron chi connectivity index (χ2n) is 8.43. The minimum atomic E-state index is -5.13. The number of nitrogens with two attached hydrogens (primary N) is 1. The number of halogens is 3. The SMILES string of the molecule is NC(=NC(=O)C(F)(F)F)c1ccc(C(=O)NCC2COCCN2C(=O)N2CCCC(CO)C2)cc1. The molecular formula is C22H28F3N5O5. The Balaban J connectivity index is 1.59. The molecule has 4 amide bonds. The zero-order valence-corrected chi connectivity index (χ0v) is 19.0. The molecule has 0 saturated carbocycles. The molecule has 2 aliphatic rings. The van der Waals surface area contributed by atoms with Crippen LogP contribution in [-0.4, -0.2) is 96.8 Å². The molecule has 1 aromatic rings. The number of carbonyl (C=O) groups excluding carboxylic acids is 3. The van der Waals surface area contributed by atoms with Crippen LogP contribution in [0, 0.1) is 5.92 Å². The van der Waals surface area contributed by atoms with Crippen LogP contribution in [0.25, 0.3) is 0 Å². The summed E-state index contributed by atoms with van der Waals surface area (Å²) in [6.45, 7) is 2.27. The van der Waals surface area contributed by atoms with Gasteiger partial charge in [-0.15, -0.1) is 0 Å². The number of ether oxygens (including phenoxy) is 1. The maximum absolute atomic E-state index is 13.1. The molecule has 35 heavy (non-hydrogen) atoms. The van der Waals surface area contributed by atoms with Gasteiger partial charge in [-0.25, -0.2) is 4.79 Å². The summed E-state index contributed by atoms with van der Waals surface area (Å²) in [5.74, 6) is -3.34. The van der Waals surface area contributed by atoms with Crippen molar-refractivity contribution in [2.75, 3.05) is 46.0 Å². The van der Waals surface area contributed by atoms with Crippen molar-refractivity contribution in [3.8, 4) is 0 Å². The summed E-state index contributed by atoms with van der Waals surface area (Å²) >= 11 is 0. The Morgan fingerprint density at radius 3 is 2.51 bits per heavy atom. The zero-order valence-electron chi connectivity index (χ0n) is 19.0. The van der Waals surface area contributed by atoms with Crippen LogP contribution < -0.4 is 11.1 Å². The van der Waals surface area contributed by atoms with Gasteiger partial charge in [0, 0.05) is 43.9 Å². The fourth-order valence-corrected chi connectivity index (χ4v) is 3.99. The number of rotatable bonds is 5. The highest BCUT2D eigenvalue weighted by atomic mass is 19.4. The third-order valence-electron chi connectivity index (χ3n) is 5.93. The van der Waals surface area contributed by atoms with Crippen LogP contribution in [0.2, 0.25) is 0 Å². The largest absolute Gasteiger partial charge is 0.473 e. The minimum absolute atomic E-state index is 0.0291. The molecule has 0 aliphatic carbocycles. The number of hydrogen-bond donors (Lipinski definition) is 3. The first kappa shape index (κ1) is 26.4. The molecule has 2 fully saturated rings. The average Bonchev–Trinajstić information content (AvgIpc) is 2.86. The third kappa shape index (κ3) is 6.92. The van der Waals surface area contributed by atoms with E-state index in [1.807, 2.05) is 0 Å². The lowest BCUT2D eigenvalue weighted by atomic mass is 9.99. The van der Waals surface area contributed by atoms with Gasteiger partial charge in [0.15, 0.2) is 0 Å². The van der Waals surface area contributed by atoms with Crippen molar-refractivity contribution in [3.05, 3.63) is 35.4 Å². The molecule has 2 saturated heterocycles. The highest BCUT2D eigenvalue weighted by Crippen LogP contribution is 2.20. The molecule has 2 heterocycles. The average molecular weight is 499 g/mol. The van der Waals surface area contributed by atoms with Crippen LogP contribution in [0.1, 0.15) is 28.8 Å². The van der Waals surface area contributed by atoms with Gasteiger partial charge in [-0.1, -0.05) is 12.1 Å². The van der Waals surface area contributed by atoms with E-state index >= 15 is 0 Å². The van der Waals surface area contributed by atoms with Crippen molar-refractivity contribution >= 4 is 23.7 Å². The summed E-state index contributed by atoms with van der Waals surface area (Å²) in [4.78, 5) is 42.8. The number of hydrogen-bond acceptors (Lipinski definition) is 5. The number of amidine groups is 1. The van der Waals surface area contributed by atoms with Crippen LogP contribution in [0.15, 0.2) is 29.3 Å². The summed E-state index contributed by atoms with van der Waals surface area (Å²) in [7, 11) is 0. The normalized spacial score (nSPS) is 21.5. The molecule has 0 spiro atoms. The van der Waals surface area contributed by atoms with Crippen LogP contribution in [0.4, 0.5) is 18.0 Å². The van der Waals surface area contributed by atoms with Crippen LogP contribution in [-0.2, 0) is 9.53 Å². The molecule has 13 heteroatoms. The number of piperidine rings is 1. The van der Waals surface area contributed by atoms with Crippen LogP contribution >= 0.6 is 0 Å². The molecule has 0 radical (unpaired) electrons. The van der Waals surface area contributed by atoms with Gasteiger partial charge in [0.2, 0.25) is 0 Å². The van der Waals surface area contributed by atoms with Gasteiger partial charge in [-0.05, 0) is 30.9 Å². The number of aliphatic hydroxyl groups is 1. The number of likely N-dealkylation sites (tertiary alicyclic amines) is 1. The number of carbonyl (C=O) groups is 3. The fourth-order valence-electron chi connectivity index (χ4n) is 3.99. The summed E-state index contributed by atoms with van der Waals surface area (Å²) in [6, 6.07) is 4.71. The van der Waals surface area contributed by atoms with Crippen LogP contribution in [0.3, 0.4) is 0 Å². The number of benzene rings is 1. The predicted molar refractivity (Wildman–Crippen MR) is 119 cm³/mol. The standard InChI is InChI=1S/C22H28F3N5O5/c23-22(24,25)20(33)28-18(26)15-3-5-16(6-4-15)19(32)27-10-17-13-35-9-8-30(17)21(34)29-7-1-2-14(11-29)12-31/h3-6,14,17,31H,1-2,7-13H2,(H,27,32)(H2,26,28,33). The summed E-state index contributed by atoms with van der Waals surface area (Å²) in [6.07, 6.45) is -3.44. The molecule has 10 nitrogen and oxygen atoms in total. The lowest BCUT2D eigenvalue weighted by Crippen LogP contribution is -2.58. The number of urea groups is 1. The maximum Gasteiger partial charge on any atom is 0.473 e. The lowest BCUT2D eigenvalue weighted by Gasteiger charge is -2.41. The minimum Gasteiger partial charge on any atom is -0.396 e. The van der Waals surface area contributed by atoms with E-state index in [-0.39, 0.29) is 48.9 Å². The van der Waals surface area contributed by atoms with E-state index in [0.717, 1.165) is 12.8 Å². The van der Waals surface area contributed by atoms with Gasteiger partial charge >= 0.3 is 18.1 Å². The second kappa shape index (κ2) is 11.5. The molecule has 4 N–H and O–H groups in total. The highest BCUT2D eigenvalue weighted by Gasteiger charge is 2.39. The number of nitrogens with one attached hydrogen (secondary N) is 1. The maximum atomic E-state index is 13.1. The van der Waals surface area contributed by atoms with Crippen molar-refractivity contribution in [1.29, 1.82) is 0 Å². The molecule has 2 aliphatic heterocycles. The Kier molecular flexibility index (Phi) is 8.67. The topological polar surface area (TPSA) is 138 Å². The highest BCUT2D eigenvalue weighted by molar-refractivity contribution is 6.05. The van der Waals surface area contributed by atoms with Gasteiger partial charge < -0.3 is 30.7 Å². The quantitative estimate of drug-likeness (QED) is 0.404. The zero-order chi connectivity index (χ0) is 25.6. The Morgan fingerprint density at radius 2 is 1.86 bits per heavy atom. The number of nitrogens with zero attached hydrogens (tertiary/aromatic N) is 3. The second-order valence-corrected chi connectivity index (χ2v) is 8.43. The van der Waals surface area contributed by atoms with Gasteiger partial charge in [0.05, 0.1) is 19.3 Å². The summed E-state index contributed by atoms with van der Waals surface area (Å²) in [5.41, 5.74) is 5.72. The first-order valence-electron chi connectivity index (χ1n) is 11.2. The van der Waals surface area contributed by atoms with E-state index in [4.69, 9.17) is 10.5 Å². The monoisotopic (exact) mass is 499 g/mol. The number of alkyl halides is 3. The van der Waals surface area contributed by atoms with Gasteiger partial charge in [0.1, 0.15) is 5.84 Å². The van der Waals surface area contributed by atoms with E-state index in [9.17, 15) is 32.7 Å². The van der Waals surface area contributed by atoms with E-state index < -0.39 is 23.8 Å². The Hall–Kier alpha value is -3.19. The summed E-state index contributed by atoms with van der Waals surface area (Å²) in [5, 5.41) is 12.2. The first-order valence-corrected chi connectivity index (χ1v) is 11.2. The van der Waals surface area contributed by atoms with Crippen molar-refractivity contribution in [2.45, 2.75) is 25.1 Å². The number of morpholine rings is 1. The number of aliphatic hydroxyl groups excluding tert-OH is 1. The Morgan fingerprint density at radius 1 is 1.17 bits per heavy atom. The smallest absolute Gasteiger partial charge is 0.396 e. The Bertz CT molecular complexity index is 954. The van der Waals surface area contributed by atoms with E-state index in [2.05, 4.69) is 10.3 Å². The first-order chi connectivity index (χ1) is 16.6. The predicted octanol–water partition coefficient (Wildman–Crippen LogP) is 0.736. The third-order valence-corrected chi connectivity index (χ3v) is 5.93. The van der Waals surface area contributed by atoms with E-state index in [1.165, 1.54) is 24.3 Å². The molecule has 0 bridgehead atoms. The van der Waals surface area contributed by atoms with Gasteiger partial charge in [0.25, 0.3) is 5.91 Å².